The van der Waals surface area contributed by atoms with E-state index in [4.69, 9.17) is 9.97 Å². The van der Waals surface area contributed by atoms with Crippen molar-refractivity contribution >= 4 is 63.0 Å². The largest absolute Gasteiger partial charge is 0.263 e. The Kier molecular flexibility index (Phi) is 7.79. The second-order valence-corrected chi connectivity index (χ2v) is 16.8. The maximum absolute atomic E-state index is 4.73. The maximum atomic E-state index is 4.73. The lowest BCUT2D eigenvalue weighted by atomic mass is 9.95. The van der Waals surface area contributed by atoms with Crippen molar-refractivity contribution in [2.45, 2.75) is 27.7 Å². The molecule has 10 aromatic rings. The van der Waals surface area contributed by atoms with Crippen LogP contribution in [0.25, 0.3) is 96.0 Å². The van der Waals surface area contributed by atoms with E-state index in [2.05, 4.69) is 149 Å². The van der Waals surface area contributed by atoms with Crippen LogP contribution in [-0.4, -0.2) is 9.97 Å². The number of hydrogen-bond donors (Lipinski definition) is 0. The molecule has 0 atom stereocenters. The zero-order valence-electron chi connectivity index (χ0n) is 30.6. The summed E-state index contributed by atoms with van der Waals surface area (Å²) < 4.78 is 5.33. The molecular weight excluding hydrogens is 693 g/mol. The zero-order chi connectivity index (χ0) is 36.5. The van der Waals surface area contributed by atoms with Crippen LogP contribution < -0.4 is 0 Å². The summed E-state index contributed by atoms with van der Waals surface area (Å²) in [5, 5.41) is 5.36. The van der Waals surface area contributed by atoms with E-state index in [9.17, 15) is 0 Å². The summed E-state index contributed by atoms with van der Waals surface area (Å²) >= 11 is 3.77. The molecule has 0 spiro atoms. The predicted octanol–water partition coefficient (Wildman–Crippen LogP) is 14.8. The quantitative estimate of drug-likeness (QED) is 0.176. The van der Waals surface area contributed by atoms with Crippen LogP contribution in [-0.2, 0) is 0 Å². The van der Waals surface area contributed by atoms with Gasteiger partial charge in [-0.15, -0.1) is 22.7 Å². The van der Waals surface area contributed by atoms with Crippen molar-refractivity contribution in [1.29, 1.82) is 0 Å². The summed E-state index contributed by atoms with van der Waals surface area (Å²) in [6.45, 7) is 8.74. The Bertz CT molecular complexity index is 2900. The fourth-order valence-electron chi connectivity index (χ4n) is 7.95. The van der Waals surface area contributed by atoms with E-state index in [1.165, 1.54) is 84.9 Å². The minimum atomic E-state index is 1.04. The molecule has 0 aliphatic heterocycles. The van der Waals surface area contributed by atoms with Crippen LogP contribution in [0.4, 0.5) is 0 Å². The lowest BCUT2D eigenvalue weighted by Gasteiger charge is -2.11. The van der Waals surface area contributed by atoms with Gasteiger partial charge in [-0.3, -0.25) is 9.97 Å². The average molecular weight is 729 g/mol. The molecule has 6 aromatic carbocycles. The van der Waals surface area contributed by atoms with Gasteiger partial charge in [0.05, 0.1) is 0 Å². The van der Waals surface area contributed by atoms with Gasteiger partial charge >= 0.3 is 0 Å². The molecule has 0 amide bonds. The van der Waals surface area contributed by atoms with Gasteiger partial charge in [-0.2, -0.15) is 0 Å². The first-order valence-corrected chi connectivity index (χ1v) is 20.0. The second kappa shape index (κ2) is 12.9. The highest BCUT2D eigenvalue weighted by Gasteiger charge is 2.15. The monoisotopic (exact) mass is 728 g/mol. The van der Waals surface area contributed by atoms with Gasteiger partial charge in [0.2, 0.25) is 0 Å². The van der Waals surface area contributed by atoms with Gasteiger partial charge in [0.15, 0.2) is 0 Å². The topological polar surface area (TPSA) is 25.8 Å². The highest BCUT2D eigenvalue weighted by molar-refractivity contribution is 7.26. The summed E-state index contributed by atoms with van der Waals surface area (Å²) in [6.07, 6.45) is 7.83. The van der Waals surface area contributed by atoms with Crippen LogP contribution in [0.1, 0.15) is 22.3 Å². The normalized spacial score (nSPS) is 11.7. The number of aryl methyl sites for hydroxylation is 4. The number of rotatable bonds is 5. The van der Waals surface area contributed by atoms with Crippen LogP contribution >= 0.6 is 22.7 Å². The van der Waals surface area contributed by atoms with E-state index in [0.717, 1.165) is 33.4 Å². The van der Waals surface area contributed by atoms with Gasteiger partial charge in [0, 0.05) is 87.4 Å². The number of thiophene rings is 2. The van der Waals surface area contributed by atoms with Crippen molar-refractivity contribution in [3.05, 3.63) is 168 Å². The summed E-state index contributed by atoms with van der Waals surface area (Å²) in [7, 11) is 0. The molecular formula is C50H36N2S2. The Morgan fingerprint density at radius 3 is 1.15 bits per heavy atom. The maximum Gasteiger partial charge on any atom is 0.0434 e. The number of benzene rings is 6. The molecule has 54 heavy (non-hydrogen) atoms. The molecule has 4 heteroatoms. The van der Waals surface area contributed by atoms with Crippen molar-refractivity contribution < 1.29 is 0 Å². The molecule has 4 aromatic heterocycles. The van der Waals surface area contributed by atoms with E-state index < -0.39 is 0 Å². The van der Waals surface area contributed by atoms with Crippen molar-refractivity contribution in [3.8, 4) is 55.6 Å². The van der Waals surface area contributed by atoms with E-state index in [-0.39, 0.29) is 0 Å². The van der Waals surface area contributed by atoms with Crippen LogP contribution in [0.2, 0.25) is 0 Å². The molecule has 10 rings (SSSR count). The minimum Gasteiger partial charge on any atom is -0.263 e. The van der Waals surface area contributed by atoms with Crippen LogP contribution in [0.5, 0.6) is 0 Å². The third-order valence-electron chi connectivity index (χ3n) is 10.6. The number of pyridine rings is 2. The first-order valence-electron chi connectivity index (χ1n) is 18.3. The first kappa shape index (κ1) is 32.7. The van der Waals surface area contributed by atoms with Crippen LogP contribution in [0, 0.1) is 27.7 Å². The third-order valence-corrected chi connectivity index (χ3v) is 13.0. The minimum absolute atomic E-state index is 1.04. The Hall–Kier alpha value is -5.94. The van der Waals surface area contributed by atoms with Crippen molar-refractivity contribution in [2.75, 3.05) is 0 Å². The SMILES string of the molecule is Cc1ccc2sc3c(-c4cccc(-c5cncc(-c6cncc(-c7cccc(-c8cc(C)cc9c8sc8ccc(C)cc89)c7)c6)c5)c4)cc(C)cc3c2c1. The molecule has 0 bridgehead atoms. The van der Waals surface area contributed by atoms with E-state index in [1.807, 2.05) is 47.5 Å². The van der Waals surface area contributed by atoms with Gasteiger partial charge in [-0.25, -0.2) is 0 Å². The molecule has 4 heterocycles. The summed E-state index contributed by atoms with van der Waals surface area (Å²) in [5.74, 6) is 0. The predicted molar refractivity (Wildman–Crippen MR) is 234 cm³/mol. The van der Waals surface area contributed by atoms with Gasteiger partial charge < -0.3 is 0 Å². The van der Waals surface area contributed by atoms with Crippen molar-refractivity contribution in [3.63, 3.8) is 0 Å². The molecule has 0 aliphatic rings. The average Bonchev–Trinajstić information content (AvgIpc) is 3.75. The molecule has 0 N–H and O–H groups in total. The van der Waals surface area contributed by atoms with Crippen molar-refractivity contribution in [2.24, 2.45) is 0 Å². The van der Waals surface area contributed by atoms with Gasteiger partial charge in [-0.1, -0.05) is 59.7 Å². The highest BCUT2D eigenvalue weighted by Crippen LogP contribution is 2.43. The zero-order valence-corrected chi connectivity index (χ0v) is 32.2. The number of nitrogens with zero attached hydrogens (tertiary/aromatic N) is 2. The smallest absolute Gasteiger partial charge is 0.0434 e. The Morgan fingerprint density at radius 2 is 0.704 bits per heavy atom. The molecule has 0 unspecified atom stereocenters. The Balaban J connectivity index is 1.00. The Labute approximate surface area is 323 Å². The molecule has 0 radical (unpaired) electrons. The molecule has 0 aliphatic carbocycles. The lowest BCUT2D eigenvalue weighted by molar-refractivity contribution is 1.30. The molecule has 0 fully saturated rings. The molecule has 258 valence electrons. The van der Waals surface area contributed by atoms with E-state index in [0.29, 0.717) is 0 Å². The number of hydrogen-bond acceptors (Lipinski definition) is 4. The fraction of sp³-hybridized carbons (Fsp3) is 0.0800. The van der Waals surface area contributed by atoms with Crippen molar-refractivity contribution in [1.82, 2.24) is 9.97 Å². The highest BCUT2D eigenvalue weighted by atomic mass is 32.1. The molecule has 2 nitrogen and oxygen atoms in total. The standard InChI is InChI=1S/C50H36N2S2/c1-29-11-13-47-43(15-29)45-19-31(3)17-41(49(45)53-47)35-9-5-7-33(21-35)37-23-39(27-51-25-37)40-24-38(26-52-28-40)34-8-6-10-36(22-34)42-18-32(4)20-46-44-16-30(2)12-14-48(44)54-50(42)46/h5-28H,1-4H3. The van der Waals surface area contributed by atoms with Crippen LogP contribution in [0.15, 0.2) is 146 Å². The van der Waals surface area contributed by atoms with Gasteiger partial charge in [0.25, 0.3) is 0 Å². The Morgan fingerprint density at radius 1 is 0.333 bits per heavy atom. The lowest BCUT2D eigenvalue weighted by Crippen LogP contribution is -1.88. The van der Waals surface area contributed by atoms with Gasteiger partial charge in [0.1, 0.15) is 0 Å². The van der Waals surface area contributed by atoms with Gasteiger partial charge in [-0.05, 0) is 145 Å². The summed E-state index contributed by atoms with van der Waals surface area (Å²) in [6, 6.07) is 45.2. The summed E-state index contributed by atoms with van der Waals surface area (Å²) in [4.78, 5) is 9.47. The summed E-state index contributed by atoms with van der Waals surface area (Å²) in [5.41, 5.74) is 16.7. The third kappa shape index (κ3) is 5.70. The second-order valence-electron chi connectivity index (χ2n) is 14.7. The first-order chi connectivity index (χ1) is 26.3. The van der Waals surface area contributed by atoms with Crippen LogP contribution in [0.3, 0.4) is 0 Å². The molecule has 0 saturated carbocycles. The fourth-order valence-corrected chi connectivity index (χ4v) is 10.3. The molecule has 0 saturated heterocycles. The number of fused-ring (bicyclic) bond motifs is 6. The van der Waals surface area contributed by atoms with E-state index in [1.54, 1.807) is 0 Å². The number of aromatic nitrogens is 2. The van der Waals surface area contributed by atoms with E-state index >= 15 is 0 Å².